The van der Waals surface area contributed by atoms with Gasteiger partial charge in [-0.1, -0.05) is 27.7 Å². The van der Waals surface area contributed by atoms with Crippen LogP contribution in [0.4, 0.5) is 0 Å². The van der Waals surface area contributed by atoms with Crippen LogP contribution in [0.1, 0.15) is 33.5 Å². The minimum Gasteiger partial charge on any atom is -0.167 e. The molecule has 0 N–H and O–H groups in total. The third-order valence-corrected chi connectivity index (χ3v) is 1.14. The van der Waals surface area contributed by atoms with E-state index in [-0.39, 0.29) is 0 Å². The van der Waals surface area contributed by atoms with Crippen molar-refractivity contribution in [2.24, 2.45) is 13.0 Å². The molecule has 4 nitrogen and oxygen atoms in total. The van der Waals surface area contributed by atoms with Crippen molar-refractivity contribution < 1.29 is 0 Å². The number of hydrogen-bond acceptors (Lipinski definition) is 3. The molecule has 0 fully saturated rings. The molecule has 0 saturated carbocycles. The molecule has 0 aliphatic carbocycles. The molecule has 0 aliphatic rings. The molecule has 0 amide bonds. The zero-order valence-corrected chi connectivity index (χ0v) is 8.57. The predicted octanol–water partition coefficient (Wildman–Crippen LogP) is 1.43. The van der Waals surface area contributed by atoms with Crippen LogP contribution in [0, 0.1) is 5.92 Å². The van der Waals surface area contributed by atoms with Crippen molar-refractivity contribution in [3.05, 3.63) is 5.82 Å². The molecule has 0 bridgehead atoms. The second-order valence-corrected chi connectivity index (χ2v) is 2.79. The second kappa shape index (κ2) is 5.69. The Kier molecular flexibility index (Phi) is 5.25. The summed E-state index contributed by atoms with van der Waals surface area (Å²) < 4.78 is 0. The van der Waals surface area contributed by atoms with E-state index in [0.717, 1.165) is 12.2 Å². The standard InChI is InChI=1S/C6H12N4.C2H6/c1-5(2)4-6-7-9-10(3)8-6;1-2/h5H,4H2,1-3H3;1-2H3. The maximum absolute atomic E-state index is 4.05. The number of hydrogen-bond donors (Lipinski definition) is 0. The van der Waals surface area contributed by atoms with E-state index in [0.29, 0.717) is 5.92 Å². The molecule has 0 radical (unpaired) electrons. The maximum atomic E-state index is 4.05. The van der Waals surface area contributed by atoms with Gasteiger partial charge >= 0.3 is 0 Å². The molecule has 0 saturated heterocycles. The topological polar surface area (TPSA) is 43.6 Å². The van der Waals surface area contributed by atoms with Crippen LogP contribution >= 0.6 is 0 Å². The van der Waals surface area contributed by atoms with Gasteiger partial charge in [0.1, 0.15) is 0 Å². The SMILES string of the molecule is CC.CC(C)Cc1nnn(C)n1. The smallest absolute Gasteiger partial charge is 0.167 e. The first-order valence-electron chi connectivity index (χ1n) is 4.41. The van der Waals surface area contributed by atoms with Crippen LogP contribution in [0.3, 0.4) is 0 Å². The molecule has 0 aromatic carbocycles. The number of nitrogens with zero attached hydrogens (tertiary/aromatic N) is 4. The highest BCUT2D eigenvalue weighted by Crippen LogP contribution is 1.99. The van der Waals surface area contributed by atoms with Crippen molar-refractivity contribution in [3.8, 4) is 0 Å². The van der Waals surface area contributed by atoms with Crippen molar-refractivity contribution in [1.29, 1.82) is 0 Å². The van der Waals surface area contributed by atoms with Crippen LogP contribution < -0.4 is 0 Å². The molecule has 0 aliphatic heterocycles. The summed E-state index contributed by atoms with van der Waals surface area (Å²) in [6.45, 7) is 8.27. The van der Waals surface area contributed by atoms with Crippen LogP contribution in [0.15, 0.2) is 0 Å². The van der Waals surface area contributed by atoms with Gasteiger partial charge in [0.05, 0.1) is 7.05 Å². The van der Waals surface area contributed by atoms with Crippen molar-refractivity contribution in [2.75, 3.05) is 0 Å². The highest BCUT2D eigenvalue weighted by Gasteiger charge is 2.01. The summed E-state index contributed by atoms with van der Waals surface area (Å²) in [5.41, 5.74) is 0. The summed E-state index contributed by atoms with van der Waals surface area (Å²) in [5, 5.41) is 11.6. The van der Waals surface area contributed by atoms with Crippen LogP contribution in [0.5, 0.6) is 0 Å². The fourth-order valence-electron chi connectivity index (χ4n) is 0.770. The van der Waals surface area contributed by atoms with E-state index in [9.17, 15) is 0 Å². The Morgan fingerprint density at radius 3 is 2.25 bits per heavy atom. The molecule has 1 heterocycles. The molecule has 0 unspecified atom stereocenters. The Hall–Kier alpha value is -0.930. The van der Waals surface area contributed by atoms with Crippen LogP contribution in [0.2, 0.25) is 0 Å². The van der Waals surface area contributed by atoms with Crippen molar-refractivity contribution >= 4 is 0 Å². The minimum absolute atomic E-state index is 0.601. The van der Waals surface area contributed by atoms with E-state index in [1.807, 2.05) is 13.8 Å². The summed E-state index contributed by atoms with van der Waals surface area (Å²) in [6, 6.07) is 0. The molecular weight excluding hydrogens is 152 g/mol. The maximum Gasteiger partial charge on any atom is 0.175 e. The largest absolute Gasteiger partial charge is 0.175 e. The lowest BCUT2D eigenvalue weighted by Crippen LogP contribution is -1.97. The number of rotatable bonds is 2. The zero-order valence-electron chi connectivity index (χ0n) is 8.57. The molecule has 1 aromatic heterocycles. The lowest BCUT2D eigenvalue weighted by Gasteiger charge is -1.95. The summed E-state index contributed by atoms with van der Waals surface area (Å²) in [4.78, 5) is 1.48. The number of aryl methyl sites for hydroxylation is 1. The molecule has 12 heavy (non-hydrogen) atoms. The minimum atomic E-state index is 0.601. The van der Waals surface area contributed by atoms with Gasteiger partial charge in [-0.2, -0.15) is 4.80 Å². The molecule has 0 spiro atoms. The third-order valence-electron chi connectivity index (χ3n) is 1.14. The van der Waals surface area contributed by atoms with Gasteiger partial charge in [-0.25, -0.2) is 0 Å². The van der Waals surface area contributed by atoms with Gasteiger partial charge in [0, 0.05) is 6.42 Å². The average Bonchev–Trinajstić information content (AvgIpc) is 2.39. The Labute approximate surface area is 74.0 Å². The van der Waals surface area contributed by atoms with Gasteiger partial charge in [0.15, 0.2) is 5.82 Å². The van der Waals surface area contributed by atoms with Gasteiger partial charge < -0.3 is 0 Å². The van der Waals surface area contributed by atoms with Crippen molar-refractivity contribution in [1.82, 2.24) is 20.2 Å². The third kappa shape index (κ3) is 4.05. The Balaban J connectivity index is 0.000000561. The van der Waals surface area contributed by atoms with Gasteiger partial charge in [-0.05, 0) is 11.1 Å². The molecule has 0 atom stereocenters. The zero-order chi connectivity index (χ0) is 9.56. The van der Waals surface area contributed by atoms with E-state index < -0.39 is 0 Å². The quantitative estimate of drug-likeness (QED) is 0.674. The molecule has 4 heteroatoms. The average molecular weight is 170 g/mol. The summed E-state index contributed by atoms with van der Waals surface area (Å²) in [5.74, 6) is 1.43. The Bertz CT molecular complexity index is 205. The normalized spacial score (nSPS) is 9.50. The highest BCUT2D eigenvalue weighted by molar-refractivity contribution is 4.77. The van der Waals surface area contributed by atoms with Crippen LogP contribution in [-0.2, 0) is 13.5 Å². The van der Waals surface area contributed by atoms with E-state index >= 15 is 0 Å². The molecule has 70 valence electrons. The van der Waals surface area contributed by atoms with Gasteiger partial charge in [0.2, 0.25) is 0 Å². The van der Waals surface area contributed by atoms with Crippen LogP contribution in [-0.4, -0.2) is 20.2 Å². The van der Waals surface area contributed by atoms with Gasteiger partial charge in [-0.3, -0.25) is 0 Å². The van der Waals surface area contributed by atoms with E-state index in [1.165, 1.54) is 4.80 Å². The lowest BCUT2D eigenvalue weighted by molar-refractivity contribution is 0.604. The van der Waals surface area contributed by atoms with Gasteiger partial charge in [-0.15, -0.1) is 10.2 Å². The van der Waals surface area contributed by atoms with Crippen molar-refractivity contribution in [2.45, 2.75) is 34.1 Å². The Morgan fingerprint density at radius 2 is 1.92 bits per heavy atom. The molecular formula is C8H18N4. The fourth-order valence-corrected chi connectivity index (χ4v) is 0.770. The van der Waals surface area contributed by atoms with E-state index in [1.54, 1.807) is 7.05 Å². The summed E-state index contributed by atoms with van der Waals surface area (Å²) in [7, 11) is 1.77. The first-order chi connectivity index (χ1) is 5.68. The van der Waals surface area contributed by atoms with E-state index in [2.05, 4.69) is 29.3 Å². The number of aromatic nitrogens is 4. The summed E-state index contributed by atoms with van der Waals surface area (Å²) in [6.07, 6.45) is 0.911. The fraction of sp³-hybridized carbons (Fsp3) is 0.875. The predicted molar refractivity (Wildman–Crippen MR) is 48.7 cm³/mol. The first kappa shape index (κ1) is 11.1. The summed E-state index contributed by atoms with van der Waals surface area (Å²) >= 11 is 0. The number of tetrazole rings is 1. The monoisotopic (exact) mass is 170 g/mol. The van der Waals surface area contributed by atoms with E-state index in [4.69, 9.17) is 0 Å². The van der Waals surface area contributed by atoms with Crippen molar-refractivity contribution in [3.63, 3.8) is 0 Å². The van der Waals surface area contributed by atoms with Crippen LogP contribution in [0.25, 0.3) is 0 Å². The highest BCUT2D eigenvalue weighted by atomic mass is 15.6. The molecule has 1 rings (SSSR count). The first-order valence-corrected chi connectivity index (χ1v) is 4.41. The lowest BCUT2D eigenvalue weighted by atomic mass is 10.1. The van der Waals surface area contributed by atoms with Gasteiger partial charge in [0.25, 0.3) is 0 Å². The molecule has 1 aromatic rings. The second-order valence-electron chi connectivity index (χ2n) is 2.79. The Morgan fingerprint density at radius 1 is 1.33 bits per heavy atom.